The first kappa shape index (κ1) is 17.6. The molecule has 1 spiro atoms. The maximum Gasteiger partial charge on any atom is 0.243 e. The Bertz CT molecular complexity index is 665. The SMILES string of the molecule is COCCN1CCCC2(CCCN2Cc2ccc3c(c2)OCCO3)C1=O. The van der Waals surface area contributed by atoms with E-state index in [1.807, 2.05) is 11.0 Å². The number of amides is 1. The summed E-state index contributed by atoms with van der Waals surface area (Å²) in [5, 5.41) is 0. The Morgan fingerprint density at radius 3 is 2.69 bits per heavy atom. The van der Waals surface area contributed by atoms with Crippen LogP contribution < -0.4 is 9.47 Å². The second-order valence-corrected chi connectivity index (χ2v) is 7.42. The van der Waals surface area contributed by atoms with E-state index < -0.39 is 0 Å². The monoisotopic (exact) mass is 360 g/mol. The third kappa shape index (κ3) is 3.16. The molecule has 3 aliphatic rings. The number of carbonyl (C=O) groups excluding carboxylic acids is 1. The van der Waals surface area contributed by atoms with E-state index in [4.69, 9.17) is 14.2 Å². The van der Waals surface area contributed by atoms with Crippen molar-refractivity contribution in [2.24, 2.45) is 0 Å². The zero-order valence-corrected chi connectivity index (χ0v) is 15.5. The second-order valence-electron chi connectivity index (χ2n) is 7.42. The van der Waals surface area contributed by atoms with Crippen LogP contribution in [0.2, 0.25) is 0 Å². The predicted octanol–water partition coefficient (Wildman–Crippen LogP) is 2.06. The van der Waals surface area contributed by atoms with Gasteiger partial charge < -0.3 is 19.1 Å². The molecule has 1 unspecified atom stereocenters. The molecule has 26 heavy (non-hydrogen) atoms. The van der Waals surface area contributed by atoms with E-state index in [1.54, 1.807) is 7.11 Å². The molecule has 3 aliphatic heterocycles. The molecule has 2 fully saturated rings. The van der Waals surface area contributed by atoms with Gasteiger partial charge in [-0.2, -0.15) is 0 Å². The summed E-state index contributed by atoms with van der Waals surface area (Å²) in [6, 6.07) is 6.15. The van der Waals surface area contributed by atoms with E-state index in [2.05, 4.69) is 17.0 Å². The second kappa shape index (κ2) is 7.45. The van der Waals surface area contributed by atoms with Crippen molar-refractivity contribution in [3.05, 3.63) is 23.8 Å². The van der Waals surface area contributed by atoms with Gasteiger partial charge in [0, 0.05) is 26.7 Å². The summed E-state index contributed by atoms with van der Waals surface area (Å²) in [6.45, 7) is 5.09. The van der Waals surface area contributed by atoms with E-state index >= 15 is 0 Å². The first-order valence-electron chi connectivity index (χ1n) is 9.65. The van der Waals surface area contributed by atoms with Crippen molar-refractivity contribution < 1.29 is 19.0 Å². The molecule has 1 aromatic rings. The topological polar surface area (TPSA) is 51.2 Å². The van der Waals surface area contributed by atoms with Gasteiger partial charge in [0.2, 0.25) is 5.91 Å². The Kier molecular flexibility index (Phi) is 5.05. The molecule has 6 heteroatoms. The van der Waals surface area contributed by atoms with Crippen LogP contribution in [0.5, 0.6) is 11.5 Å². The van der Waals surface area contributed by atoms with E-state index in [0.29, 0.717) is 26.4 Å². The van der Waals surface area contributed by atoms with Gasteiger partial charge in [-0.3, -0.25) is 9.69 Å². The molecule has 0 radical (unpaired) electrons. The highest BCUT2D eigenvalue weighted by molar-refractivity contribution is 5.87. The van der Waals surface area contributed by atoms with Crippen molar-refractivity contribution in [3.8, 4) is 11.5 Å². The highest BCUT2D eigenvalue weighted by Gasteiger charge is 2.50. The first-order valence-corrected chi connectivity index (χ1v) is 9.65. The normalized spacial score (nSPS) is 25.9. The predicted molar refractivity (Wildman–Crippen MR) is 97.5 cm³/mol. The minimum absolute atomic E-state index is 0.288. The fourth-order valence-corrected chi connectivity index (χ4v) is 4.58. The Balaban J connectivity index is 1.51. The molecule has 0 bridgehead atoms. The lowest BCUT2D eigenvalue weighted by Crippen LogP contribution is -2.60. The molecule has 3 heterocycles. The third-order valence-corrected chi connectivity index (χ3v) is 5.87. The number of ether oxygens (including phenoxy) is 3. The lowest BCUT2D eigenvalue weighted by atomic mass is 9.85. The van der Waals surface area contributed by atoms with Gasteiger partial charge in [0.15, 0.2) is 11.5 Å². The molecule has 1 amide bonds. The number of methoxy groups -OCH3 is 1. The third-order valence-electron chi connectivity index (χ3n) is 5.87. The van der Waals surface area contributed by atoms with Crippen molar-refractivity contribution in [2.45, 2.75) is 37.8 Å². The summed E-state index contributed by atoms with van der Waals surface area (Å²) >= 11 is 0. The number of fused-ring (bicyclic) bond motifs is 1. The van der Waals surface area contributed by atoms with Gasteiger partial charge in [-0.15, -0.1) is 0 Å². The van der Waals surface area contributed by atoms with Crippen molar-refractivity contribution in [1.29, 1.82) is 0 Å². The molecule has 4 rings (SSSR count). The van der Waals surface area contributed by atoms with Crippen LogP contribution in [-0.2, 0) is 16.1 Å². The molecule has 1 atom stereocenters. The van der Waals surface area contributed by atoms with Crippen LogP contribution in [0.25, 0.3) is 0 Å². The van der Waals surface area contributed by atoms with Crippen molar-refractivity contribution in [3.63, 3.8) is 0 Å². The highest BCUT2D eigenvalue weighted by atomic mass is 16.6. The van der Waals surface area contributed by atoms with Gasteiger partial charge in [0.1, 0.15) is 18.8 Å². The Hall–Kier alpha value is -1.79. The molecule has 0 aliphatic carbocycles. The number of rotatable bonds is 5. The number of hydrogen-bond donors (Lipinski definition) is 0. The lowest BCUT2D eigenvalue weighted by Gasteiger charge is -2.44. The van der Waals surface area contributed by atoms with Crippen LogP contribution in [0.1, 0.15) is 31.2 Å². The zero-order chi connectivity index (χ0) is 18.0. The summed E-state index contributed by atoms with van der Waals surface area (Å²) in [5.41, 5.74) is 0.844. The number of hydrogen-bond acceptors (Lipinski definition) is 5. The first-order chi connectivity index (χ1) is 12.7. The molecule has 6 nitrogen and oxygen atoms in total. The van der Waals surface area contributed by atoms with Crippen LogP contribution in [-0.4, -0.2) is 67.8 Å². The quantitative estimate of drug-likeness (QED) is 0.805. The van der Waals surface area contributed by atoms with Crippen LogP contribution >= 0.6 is 0 Å². The molecular formula is C20H28N2O4. The standard InChI is InChI=1S/C20H28N2O4/c1-24-11-10-21-8-2-6-20(19(21)23)7-3-9-22(20)15-16-4-5-17-18(14-16)26-13-12-25-17/h4-5,14H,2-3,6-13,15H2,1H3. The van der Waals surface area contributed by atoms with E-state index in [9.17, 15) is 4.79 Å². The lowest BCUT2D eigenvalue weighted by molar-refractivity contribution is -0.148. The van der Waals surface area contributed by atoms with Gasteiger partial charge in [-0.25, -0.2) is 0 Å². The number of nitrogens with zero attached hydrogens (tertiary/aromatic N) is 2. The smallest absolute Gasteiger partial charge is 0.243 e. The Labute approximate surface area is 155 Å². The summed E-state index contributed by atoms with van der Waals surface area (Å²) < 4.78 is 16.5. The fraction of sp³-hybridized carbons (Fsp3) is 0.650. The van der Waals surface area contributed by atoms with Gasteiger partial charge in [0.25, 0.3) is 0 Å². The fourth-order valence-electron chi connectivity index (χ4n) is 4.58. The molecule has 0 N–H and O–H groups in total. The van der Waals surface area contributed by atoms with Crippen molar-refractivity contribution in [1.82, 2.24) is 9.80 Å². The number of piperidine rings is 1. The maximum absolute atomic E-state index is 13.3. The molecule has 1 aromatic carbocycles. The van der Waals surface area contributed by atoms with Gasteiger partial charge in [-0.1, -0.05) is 6.07 Å². The minimum Gasteiger partial charge on any atom is -0.486 e. The summed E-state index contributed by atoms with van der Waals surface area (Å²) in [7, 11) is 1.69. The molecule has 142 valence electrons. The Morgan fingerprint density at radius 1 is 1.12 bits per heavy atom. The average molecular weight is 360 g/mol. The van der Waals surface area contributed by atoms with E-state index in [1.165, 1.54) is 5.56 Å². The highest BCUT2D eigenvalue weighted by Crippen LogP contribution is 2.40. The van der Waals surface area contributed by atoms with Gasteiger partial charge in [0.05, 0.1) is 6.61 Å². The van der Waals surface area contributed by atoms with Crippen molar-refractivity contribution in [2.75, 3.05) is 46.6 Å². The van der Waals surface area contributed by atoms with Crippen LogP contribution in [0.15, 0.2) is 18.2 Å². The molecule has 0 saturated carbocycles. The van der Waals surface area contributed by atoms with Crippen LogP contribution in [0.4, 0.5) is 0 Å². The average Bonchev–Trinajstić information content (AvgIpc) is 3.06. The number of likely N-dealkylation sites (tertiary alicyclic amines) is 2. The summed E-state index contributed by atoms with van der Waals surface area (Å²) in [4.78, 5) is 17.7. The van der Waals surface area contributed by atoms with Crippen LogP contribution in [0.3, 0.4) is 0 Å². The molecular weight excluding hydrogens is 332 g/mol. The summed E-state index contributed by atoms with van der Waals surface area (Å²) in [5.74, 6) is 1.92. The van der Waals surface area contributed by atoms with E-state index in [0.717, 1.165) is 56.8 Å². The van der Waals surface area contributed by atoms with E-state index in [-0.39, 0.29) is 11.4 Å². The largest absolute Gasteiger partial charge is 0.486 e. The van der Waals surface area contributed by atoms with Crippen LogP contribution in [0, 0.1) is 0 Å². The van der Waals surface area contributed by atoms with Gasteiger partial charge in [-0.05, 0) is 49.9 Å². The number of carbonyl (C=O) groups is 1. The summed E-state index contributed by atoms with van der Waals surface area (Å²) in [6.07, 6.45) is 4.06. The Morgan fingerprint density at radius 2 is 1.88 bits per heavy atom. The maximum atomic E-state index is 13.3. The minimum atomic E-state index is -0.334. The molecule has 2 saturated heterocycles. The molecule has 0 aromatic heterocycles. The van der Waals surface area contributed by atoms with Gasteiger partial charge >= 0.3 is 0 Å². The van der Waals surface area contributed by atoms with Crippen molar-refractivity contribution >= 4 is 5.91 Å². The zero-order valence-electron chi connectivity index (χ0n) is 15.5. The number of benzene rings is 1.